The molecule has 2 nitrogen and oxygen atoms in total. The molecule has 0 radical (unpaired) electrons. The maximum absolute atomic E-state index is 14.4. The van der Waals surface area contributed by atoms with Crippen molar-refractivity contribution in [2.24, 2.45) is 0 Å². The van der Waals surface area contributed by atoms with Crippen LogP contribution in [0.3, 0.4) is 0 Å². The molecule has 206 valence electrons. The molecule has 4 rings (SSSR count). The van der Waals surface area contributed by atoms with Gasteiger partial charge in [0.15, 0.2) is 0 Å². The van der Waals surface area contributed by atoms with Gasteiger partial charge in [-0.05, 0) is 0 Å². The van der Waals surface area contributed by atoms with Crippen LogP contribution >= 0.6 is 7.06 Å². The zero-order valence-corrected chi connectivity index (χ0v) is 19.4. The number of hydrogen-bond acceptors (Lipinski definition) is 2. The molecule has 0 saturated heterocycles. The Labute approximate surface area is 201 Å². The molecule has 2 aliphatic heterocycles. The van der Waals surface area contributed by atoms with Crippen LogP contribution in [-0.4, -0.2) is 30.9 Å². The predicted molar refractivity (Wildman–Crippen MR) is 109 cm³/mol. The van der Waals surface area contributed by atoms with Gasteiger partial charge in [0.1, 0.15) is 0 Å². The first kappa shape index (κ1) is 28.0. The van der Waals surface area contributed by atoms with E-state index in [1.54, 1.807) is 0 Å². The molecule has 0 unspecified atom stereocenters. The number of benzene rings is 2. The monoisotopic (exact) mass is 572 g/mol. The van der Waals surface area contributed by atoms with Crippen molar-refractivity contribution < 1.29 is 61.7 Å². The van der Waals surface area contributed by atoms with E-state index in [2.05, 4.69) is 0 Å². The van der Waals surface area contributed by atoms with Crippen molar-refractivity contribution in [3.05, 3.63) is 59.7 Å². The second kappa shape index (κ2) is 7.75. The number of rotatable bonds is 3. The summed E-state index contributed by atoms with van der Waals surface area (Å²) in [6.45, 7) is 1.40. The van der Waals surface area contributed by atoms with Crippen molar-refractivity contribution in [3.63, 3.8) is 0 Å². The van der Waals surface area contributed by atoms with E-state index in [9.17, 15) is 52.7 Å². The predicted octanol–water partition coefficient (Wildman–Crippen LogP) is 7.52. The van der Waals surface area contributed by atoms with E-state index in [-0.39, 0.29) is 6.42 Å². The van der Waals surface area contributed by atoms with Gasteiger partial charge in [-0.2, -0.15) is 0 Å². The zero-order chi connectivity index (χ0) is 27.9. The van der Waals surface area contributed by atoms with Gasteiger partial charge in [0.05, 0.1) is 0 Å². The first-order valence-corrected chi connectivity index (χ1v) is 12.9. The van der Waals surface area contributed by atoms with Gasteiger partial charge in [-0.25, -0.2) is 0 Å². The van der Waals surface area contributed by atoms with Crippen LogP contribution in [0.25, 0.3) is 0 Å². The van der Waals surface area contributed by atoms with Crippen molar-refractivity contribution in [2.45, 2.75) is 55.7 Å². The Morgan fingerprint density at radius 1 is 0.595 bits per heavy atom. The van der Waals surface area contributed by atoms with Crippen molar-refractivity contribution in [3.8, 4) is 0 Å². The van der Waals surface area contributed by atoms with Crippen molar-refractivity contribution >= 4 is 17.7 Å². The Morgan fingerprint density at radius 3 is 1.22 bits per heavy atom. The summed E-state index contributed by atoms with van der Waals surface area (Å²) in [6, 6.07) is 5.29. The molecule has 2 aromatic rings. The van der Waals surface area contributed by atoms with E-state index in [1.807, 2.05) is 0 Å². The van der Waals surface area contributed by atoms with Gasteiger partial charge < -0.3 is 0 Å². The Balaban J connectivity index is 2.28. The number of unbranched alkanes of at least 4 members (excludes halogenated alkanes) is 1. The van der Waals surface area contributed by atoms with Crippen LogP contribution in [0.5, 0.6) is 0 Å². The Bertz CT molecular complexity index is 1090. The summed E-state index contributed by atoms with van der Waals surface area (Å²) in [7, 11) is -6.50. The molecule has 2 aromatic carbocycles. The van der Waals surface area contributed by atoms with E-state index in [4.69, 9.17) is 9.05 Å². The fourth-order valence-corrected chi connectivity index (χ4v) is 11.5. The topological polar surface area (TPSA) is 18.5 Å². The summed E-state index contributed by atoms with van der Waals surface area (Å²) in [4.78, 5) is 0. The van der Waals surface area contributed by atoms with E-state index in [1.165, 1.54) is 6.92 Å². The number of hydrogen-bond donors (Lipinski definition) is 0. The molecule has 37 heavy (non-hydrogen) atoms. The fourth-order valence-electron chi connectivity index (χ4n) is 5.27. The Kier molecular flexibility index (Phi) is 5.86. The normalized spacial score (nSPS) is 22.8. The summed E-state index contributed by atoms with van der Waals surface area (Å²) < 4.78 is 183. The summed E-state index contributed by atoms with van der Waals surface area (Å²) >= 11 is 0. The van der Waals surface area contributed by atoms with Crippen LogP contribution in [0.4, 0.5) is 52.7 Å². The molecule has 0 fully saturated rings. The van der Waals surface area contributed by atoms with Gasteiger partial charge in [0, 0.05) is 0 Å². The Morgan fingerprint density at radius 2 is 0.919 bits per heavy atom. The van der Waals surface area contributed by atoms with Gasteiger partial charge in [-0.1, -0.05) is 0 Å². The maximum atomic E-state index is 14.4. The number of fused-ring (bicyclic) bond motifs is 4. The van der Waals surface area contributed by atoms with Crippen LogP contribution in [0, 0.1) is 0 Å². The van der Waals surface area contributed by atoms with E-state index >= 15 is 0 Å². The standard InChI is InChI=1S/C22H17F12O2P/c1-2-3-12-37(15-10-6-4-8-13(15)17(35-37,19(23,24)25)20(26,27)28)16-11-7-5-9-14(16)18(36-37,21(29,30)31)22(32,33)34/h4-11H,2-3,12H2,1H3. The molecule has 1 spiro atoms. The third kappa shape index (κ3) is 3.21. The van der Waals surface area contributed by atoms with Crippen molar-refractivity contribution in [1.29, 1.82) is 0 Å². The third-order valence-corrected chi connectivity index (χ3v) is 11.9. The molecular weight excluding hydrogens is 555 g/mol. The van der Waals surface area contributed by atoms with Crippen LogP contribution in [0.2, 0.25) is 0 Å². The number of alkyl halides is 12. The van der Waals surface area contributed by atoms with Crippen LogP contribution in [0.15, 0.2) is 48.5 Å². The van der Waals surface area contributed by atoms with Crippen LogP contribution in [0.1, 0.15) is 30.9 Å². The fraction of sp³-hybridized carbons (Fsp3) is 0.455. The summed E-state index contributed by atoms with van der Waals surface area (Å²) in [5.74, 6) is 0. The van der Waals surface area contributed by atoms with E-state index in [0.717, 1.165) is 24.3 Å². The van der Waals surface area contributed by atoms with Gasteiger partial charge >= 0.3 is 201 Å². The van der Waals surface area contributed by atoms with Crippen LogP contribution < -0.4 is 10.6 Å². The van der Waals surface area contributed by atoms with Crippen molar-refractivity contribution in [2.75, 3.05) is 6.16 Å². The summed E-state index contributed by atoms with van der Waals surface area (Å²) in [5.41, 5.74) is -13.8. The van der Waals surface area contributed by atoms with Gasteiger partial charge in [-0.3, -0.25) is 0 Å². The second-order valence-corrected chi connectivity index (χ2v) is 12.8. The van der Waals surface area contributed by atoms with Gasteiger partial charge in [0.2, 0.25) is 0 Å². The van der Waals surface area contributed by atoms with Gasteiger partial charge in [-0.15, -0.1) is 0 Å². The Hall–Kier alpha value is -2.05. The molecule has 0 saturated carbocycles. The molecule has 0 aliphatic carbocycles. The molecular formula is C22H17F12O2P. The quantitative estimate of drug-likeness (QED) is 0.280. The minimum absolute atomic E-state index is 0.0228. The molecule has 0 aromatic heterocycles. The molecule has 2 heterocycles. The molecule has 0 atom stereocenters. The summed E-state index contributed by atoms with van der Waals surface area (Å²) in [5, 5.41) is -2.22. The van der Waals surface area contributed by atoms with E-state index in [0.29, 0.717) is 24.3 Å². The number of halogens is 12. The van der Waals surface area contributed by atoms with Crippen LogP contribution in [-0.2, 0) is 20.2 Å². The van der Waals surface area contributed by atoms with E-state index < -0.39 is 77.3 Å². The first-order valence-electron chi connectivity index (χ1n) is 10.7. The summed E-state index contributed by atoms with van der Waals surface area (Å²) in [6.07, 6.45) is -26.9. The van der Waals surface area contributed by atoms with Gasteiger partial charge in [0.25, 0.3) is 0 Å². The molecule has 0 N–H and O–H groups in total. The molecule has 15 heteroatoms. The minimum atomic E-state index is -6.50. The average molecular weight is 572 g/mol. The van der Waals surface area contributed by atoms with Crippen molar-refractivity contribution in [1.82, 2.24) is 0 Å². The first-order chi connectivity index (χ1) is 16.8. The molecule has 0 amide bonds. The third-order valence-electron chi connectivity index (χ3n) is 6.72. The average Bonchev–Trinajstić information content (AvgIpc) is 3.21. The molecule has 2 aliphatic rings. The second-order valence-electron chi connectivity index (χ2n) is 8.77. The zero-order valence-electron chi connectivity index (χ0n) is 18.5. The SMILES string of the molecule is CCCCP12(OC(C(F)(F)F)(C(F)(F)F)c3ccccc31)OC(C(F)(F)F)(C(F)(F)F)c1ccccc12. The molecule has 0 bridgehead atoms.